The van der Waals surface area contributed by atoms with E-state index in [1.807, 2.05) is 0 Å². The number of hydrogen-bond donors (Lipinski definition) is 1. The molecule has 0 aliphatic carbocycles. The van der Waals surface area contributed by atoms with E-state index in [1.54, 1.807) is 24.3 Å². The van der Waals surface area contributed by atoms with Crippen LogP contribution in [0.5, 0.6) is 11.5 Å². The normalized spacial score (nSPS) is 16.4. The minimum atomic E-state index is -4.39. The summed E-state index contributed by atoms with van der Waals surface area (Å²) in [6.45, 7) is -0.0411. The van der Waals surface area contributed by atoms with Gasteiger partial charge in [0.2, 0.25) is 6.10 Å². The van der Waals surface area contributed by atoms with E-state index in [0.29, 0.717) is 17.1 Å². The van der Waals surface area contributed by atoms with E-state index < -0.39 is 23.8 Å². The summed E-state index contributed by atoms with van der Waals surface area (Å²) >= 11 is 0. The molecule has 1 aliphatic rings. The highest BCUT2D eigenvalue weighted by Crippen LogP contribution is 2.31. The summed E-state index contributed by atoms with van der Waals surface area (Å²) in [5, 5.41) is 0. The van der Waals surface area contributed by atoms with E-state index in [-0.39, 0.29) is 13.2 Å². The van der Waals surface area contributed by atoms with Crippen LogP contribution < -0.4 is 15.0 Å². The summed E-state index contributed by atoms with van der Waals surface area (Å²) in [6.07, 6.45) is -5.26. The fraction of sp³-hybridized carbons (Fsp3) is 0.235. The largest absolute Gasteiger partial charge is 0.485 e. The molecule has 0 bridgehead atoms. The van der Waals surface area contributed by atoms with Crippen LogP contribution in [0.4, 0.5) is 13.2 Å². The van der Waals surface area contributed by atoms with Crippen molar-refractivity contribution in [2.24, 2.45) is 0 Å². The van der Waals surface area contributed by atoms with Gasteiger partial charge in [-0.15, -0.1) is 0 Å². The quantitative estimate of drug-likeness (QED) is 0.859. The molecule has 132 valence electrons. The molecule has 1 amide bonds. The highest BCUT2D eigenvalue weighted by atomic mass is 19.4. The second-order valence-electron chi connectivity index (χ2n) is 5.31. The Kier molecular flexibility index (Phi) is 4.80. The first-order chi connectivity index (χ1) is 11.9. The third-order valence-corrected chi connectivity index (χ3v) is 3.49. The van der Waals surface area contributed by atoms with Crippen LogP contribution in [0.1, 0.15) is 11.1 Å². The van der Waals surface area contributed by atoms with Crippen LogP contribution in [0.2, 0.25) is 0 Å². The van der Waals surface area contributed by atoms with Crippen LogP contribution >= 0.6 is 0 Å². The van der Waals surface area contributed by atoms with Crippen LogP contribution in [-0.2, 0) is 22.4 Å². The van der Waals surface area contributed by atoms with Crippen molar-refractivity contribution in [3.05, 3.63) is 59.7 Å². The van der Waals surface area contributed by atoms with Crippen LogP contribution in [-0.4, -0.2) is 18.6 Å². The van der Waals surface area contributed by atoms with Crippen LogP contribution in [0, 0.1) is 0 Å². The smallest absolute Gasteiger partial charge is 0.416 e. The molecule has 0 saturated heterocycles. The SMILES string of the molecule is O=C(NOCc1ccc(C(F)(F)F)cc1)[C@@H]1COc2ccccc2O1. The zero-order valence-corrected chi connectivity index (χ0v) is 12.9. The number of ether oxygens (including phenoxy) is 2. The molecule has 0 aromatic heterocycles. The van der Waals surface area contributed by atoms with Crippen molar-refractivity contribution in [2.45, 2.75) is 18.9 Å². The van der Waals surface area contributed by atoms with Crippen LogP contribution in [0.25, 0.3) is 0 Å². The molecule has 0 radical (unpaired) electrons. The third kappa shape index (κ3) is 4.21. The number of hydrogen-bond acceptors (Lipinski definition) is 4. The Morgan fingerprint density at radius 3 is 2.48 bits per heavy atom. The molecule has 0 unspecified atom stereocenters. The van der Waals surface area contributed by atoms with Gasteiger partial charge in [0, 0.05) is 0 Å². The van der Waals surface area contributed by atoms with E-state index in [4.69, 9.17) is 14.3 Å². The van der Waals surface area contributed by atoms with Crippen molar-refractivity contribution >= 4 is 5.91 Å². The zero-order chi connectivity index (χ0) is 17.9. The lowest BCUT2D eigenvalue weighted by atomic mass is 10.1. The first-order valence-corrected chi connectivity index (χ1v) is 7.40. The van der Waals surface area contributed by atoms with E-state index in [1.165, 1.54) is 12.1 Å². The Morgan fingerprint density at radius 2 is 1.80 bits per heavy atom. The van der Waals surface area contributed by atoms with Crippen molar-refractivity contribution in [3.63, 3.8) is 0 Å². The van der Waals surface area contributed by atoms with Crippen molar-refractivity contribution in [3.8, 4) is 11.5 Å². The summed E-state index contributed by atoms with van der Waals surface area (Å²) in [5.41, 5.74) is 1.95. The fourth-order valence-electron chi connectivity index (χ4n) is 2.19. The summed E-state index contributed by atoms with van der Waals surface area (Å²) in [4.78, 5) is 17.0. The van der Waals surface area contributed by atoms with Crippen LogP contribution in [0.15, 0.2) is 48.5 Å². The van der Waals surface area contributed by atoms with E-state index in [2.05, 4.69) is 5.48 Å². The highest BCUT2D eigenvalue weighted by molar-refractivity contribution is 5.80. The zero-order valence-electron chi connectivity index (χ0n) is 12.9. The standard InChI is InChI=1S/C17H14F3NO4/c18-17(19,20)12-7-5-11(6-8-12)9-24-21-16(22)15-10-23-13-3-1-2-4-14(13)25-15/h1-8,15H,9-10H2,(H,21,22)/t15-/m0/s1. The lowest BCUT2D eigenvalue weighted by Gasteiger charge is -2.25. The Balaban J connectivity index is 1.48. The number of carbonyl (C=O) groups is 1. The molecular weight excluding hydrogens is 339 g/mol. The van der Waals surface area contributed by atoms with Gasteiger partial charge in [-0.2, -0.15) is 13.2 Å². The van der Waals surface area contributed by atoms with E-state index >= 15 is 0 Å². The molecule has 1 aliphatic heterocycles. The number of carbonyl (C=O) groups excluding carboxylic acids is 1. The third-order valence-electron chi connectivity index (χ3n) is 3.49. The van der Waals surface area contributed by atoms with Gasteiger partial charge < -0.3 is 9.47 Å². The number of benzene rings is 2. The Bertz CT molecular complexity index is 746. The lowest BCUT2D eigenvalue weighted by molar-refractivity contribution is -0.144. The number of halogens is 3. The molecule has 25 heavy (non-hydrogen) atoms. The Labute approximate surface area is 141 Å². The van der Waals surface area contributed by atoms with Crippen LogP contribution in [0.3, 0.4) is 0 Å². The maximum absolute atomic E-state index is 12.5. The molecule has 1 N–H and O–H groups in total. The minimum absolute atomic E-state index is 0.0342. The number of nitrogens with one attached hydrogen (secondary N) is 1. The average Bonchev–Trinajstić information content (AvgIpc) is 2.61. The van der Waals surface area contributed by atoms with Gasteiger partial charge in [-0.3, -0.25) is 9.63 Å². The molecule has 2 aromatic carbocycles. The molecule has 5 nitrogen and oxygen atoms in total. The molecule has 8 heteroatoms. The molecule has 0 fully saturated rings. The van der Waals surface area contributed by atoms with Gasteiger partial charge >= 0.3 is 6.18 Å². The first kappa shape index (κ1) is 17.1. The van der Waals surface area contributed by atoms with Crippen molar-refractivity contribution < 1.29 is 32.3 Å². The highest BCUT2D eigenvalue weighted by Gasteiger charge is 2.30. The van der Waals surface area contributed by atoms with Gasteiger partial charge in [0.25, 0.3) is 5.91 Å². The lowest BCUT2D eigenvalue weighted by Crippen LogP contribution is -2.43. The molecule has 2 aromatic rings. The summed E-state index contributed by atoms with van der Waals surface area (Å²) in [6, 6.07) is 11.4. The monoisotopic (exact) mass is 353 g/mol. The summed E-state index contributed by atoms with van der Waals surface area (Å²) < 4.78 is 48.4. The summed E-state index contributed by atoms with van der Waals surface area (Å²) in [5.74, 6) is 0.468. The van der Waals surface area contributed by atoms with Gasteiger partial charge in [-0.25, -0.2) is 5.48 Å². The van der Waals surface area contributed by atoms with Gasteiger partial charge in [0.15, 0.2) is 11.5 Å². The number of rotatable bonds is 4. The predicted molar refractivity (Wildman–Crippen MR) is 80.7 cm³/mol. The van der Waals surface area contributed by atoms with Gasteiger partial charge in [0.05, 0.1) is 12.2 Å². The molecule has 0 saturated carbocycles. The van der Waals surface area contributed by atoms with E-state index in [0.717, 1.165) is 12.1 Å². The molecule has 1 atom stereocenters. The van der Waals surface area contributed by atoms with Gasteiger partial charge in [-0.1, -0.05) is 24.3 Å². The number of amides is 1. The fourth-order valence-corrected chi connectivity index (χ4v) is 2.19. The maximum atomic E-state index is 12.5. The second kappa shape index (κ2) is 7.02. The number of fused-ring (bicyclic) bond motifs is 1. The second-order valence-corrected chi connectivity index (χ2v) is 5.31. The van der Waals surface area contributed by atoms with E-state index in [9.17, 15) is 18.0 Å². The van der Waals surface area contributed by atoms with Crippen molar-refractivity contribution in [1.82, 2.24) is 5.48 Å². The molecule has 1 heterocycles. The van der Waals surface area contributed by atoms with Gasteiger partial charge in [0.1, 0.15) is 6.61 Å². The molecule has 3 rings (SSSR count). The average molecular weight is 353 g/mol. The number of hydroxylamine groups is 1. The molecule has 0 spiro atoms. The number of para-hydroxylation sites is 2. The Morgan fingerprint density at radius 1 is 1.12 bits per heavy atom. The minimum Gasteiger partial charge on any atom is -0.485 e. The topological polar surface area (TPSA) is 56.8 Å². The van der Waals surface area contributed by atoms with Crippen molar-refractivity contribution in [2.75, 3.05) is 6.61 Å². The predicted octanol–water partition coefficient (Wildman–Crippen LogP) is 3.09. The maximum Gasteiger partial charge on any atom is 0.416 e. The van der Waals surface area contributed by atoms with Gasteiger partial charge in [-0.05, 0) is 29.8 Å². The van der Waals surface area contributed by atoms with Crippen molar-refractivity contribution in [1.29, 1.82) is 0 Å². The first-order valence-electron chi connectivity index (χ1n) is 7.40. The number of alkyl halides is 3. The molecular formula is C17H14F3NO4. The Hall–Kier alpha value is -2.74. The summed E-state index contributed by atoms with van der Waals surface area (Å²) in [7, 11) is 0.